The van der Waals surface area contributed by atoms with E-state index in [9.17, 15) is 14.4 Å². The first-order valence-electron chi connectivity index (χ1n) is 33.8. The highest BCUT2D eigenvalue weighted by molar-refractivity contribution is 5.71. The molecule has 0 spiro atoms. The number of unbranched alkanes of at least 4 members (excludes halogenated alkanes) is 25. The fourth-order valence-corrected chi connectivity index (χ4v) is 9.10. The van der Waals surface area contributed by atoms with E-state index in [1.807, 2.05) is 0 Å². The van der Waals surface area contributed by atoms with E-state index < -0.39 is 6.10 Å². The summed E-state index contributed by atoms with van der Waals surface area (Å²) in [6, 6.07) is 0. The van der Waals surface area contributed by atoms with Gasteiger partial charge in [0.15, 0.2) is 6.10 Å². The van der Waals surface area contributed by atoms with Gasteiger partial charge >= 0.3 is 17.9 Å². The van der Waals surface area contributed by atoms with Crippen LogP contribution in [0, 0.1) is 0 Å². The highest BCUT2D eigenvalue weighted by Crippen LogP contribution is 2.16. The quantitative estimate of drug-likeness (QED) is 0.0261. The minimum absolute atomic E-state index is 0.0875. The third-order valence-corrected chi connectivity index (χ3v) is 14.1. The van der Waals surface area contributed by atoms with Crippen LogP contribution in [0.25, 0.3) is 0 Å². The summed E-state index contributed by atoms with van der Waals surface area (Å²) in [5.74, 6) is -0.909. The summed E-state index contributed by atoms with van der Waals surface area (Å²) in [4.78, 5) is 38.3. The number of hydrogen-bond acceptors (Lipinski definition) is 6. The molecule has 0 bridgehead atoms. The van der Waals surface area contributed by atoms with E-state index in [1.54, 1.807) is 0 Å². The average molecular weight is 1130 g/mol. The van der Waals surface area contributed by atoms with E-state index in [-0.39, 0.29) is 31.1 Å². The maximum atomic E-state index is 12.9. The van der Waals surface area contributed by atoms with Crippen molar-refractivity contribution in [1.82, 2.24) is 0 Å². The zero-order valence-corrected chi connectivity index (χ0v) is 53.2. The molecule has 0 saturated heterocycles. The van der Waals surface area contributed by atoms with Crippen molar-refractivity contribution >= 4 is 17.9 Å². The zero-order chi connectivity index (χ0) is 59.2. The highest BCUT2D eigenvalue weighted by Gasteiger charge is 2.19. The van der Waals surface area contributed by atoms with Gasteiger partial charge in [0.05, 0.1) is 0 Å². The second-order valence-corrected chi connectivity index (χ2v) is 22.0. The van der Waals surface area contributed by atoms with Crippen LogP contribution in [0.15, 0.2) is 146 Å². The minimum atomic E-state index is -0.793. The maximum absolute atomic E-state index is 12.9. The molecule has 0 radical (unpaired) electrons. The molecule has 6 heteroatoms. The van der Waals surface area contributed by atoms with E-state index in [2.05, 4.69) is 167 Å². The number of esters is 3. The summed E-state index contributed by atoms with van der Waals surface area (Å²) in [6.45, 7) is 6.39. The van der Waals surface area contributed by atoms with Gasteiger partial charge in [0.25, 0.3) is 0 Å². The summed E-state index contributed by atoms with van der Waals surface area (Å²) in [6.07, 6.45) is 98.6. The third kappa shape index (κ3) is 66.1. The number of allylic oxidation sites excluding steroid dienone is 24. The molecular formula is C76H124O6. The first-order chi connectivity index (χ1) is 40.5. The Bertz CT molecular complexity index is 1780. The molecule has 0 amide bonds. The predicted octanol–water partition coefficient (Wildman–Crippen LogP) is 23.5. The molecule has 0 fully saturated rings. The van der Waals surface area contributed by atoms with Crippen molar-refractivity contribution in [2.45, 2.75) is 303 Å². The molecule has 0 aliphatic carbocycles. The molecule has 0 aromatic rings. The van der Waals surface area contributed by atoms with Crippen LogP contribution in [-0.2, 0) is 28.6 Å². The van der Waals surface area contributed by atoms with Crippen molar-refractivity contribution in [3.8, 4) is 0 Å². The maximum Gasteiger partial charge on any atom is 0.306 e. The molecule has 0 heterocycles. The molecule has 0 aromatic heterocycles. The van der Waals surface area contributed by atoms with E-state index in [4.69, 9.17) is 14.2 Å². The van der Waals surface area contributed by atoms with Crippen molar-refractivity contribution in [3.05, 3.63) is 146 Å². The fourth-order valence-electron chi connectivity index (χ4n) is 9.10. The number of ether oxygens (including phenoxy) is 3. The summed E-state index contributed by atoms with van der Waals surface area (Å²) in [7, 11) is 0. The molecule has 0 aliphatic heterocycles. The lowest BCUT2D eigenvalue weighted by molar-refractivity contribution is -0.167. The highest BCUT2D eigenvalue weighted by atomic mass is 16.6. The van der Waals surface area contributed by atoms with Gasteiger partial charge in [-0.1, -0.05) is 301 Å². The van der Waals surface area contributed by atoms with Gasteiger partial charge in [-0.3, -0.25) is 14.4 Å². The van der Waals surface area contributed by atoms with Crippen LogP contribution in [0.1, 0.15) is 297 Å². The predicted molar refractivity (Wildman–Crippen MR) is 357 cm³/mol. The fraction of sp³-hybridized carbons (Fsp3) is 0.645. The van der Waals surface area contributed by atoms with Crippen LogP contribution >= 0.6 is 0 Å². The van der Waals surface area contributed by atoms with Gasteiger partial charge in [0.1, 0.15) is 13.2 Å². The van der Waals surface area contributed by atoms with Crippen LogP contribution in [0.2, 0.25) is 0 Å². The molecule has 82 heavy (non-hydrogen) atoms. The molecule has 6 nitrogen and oxygen atoms in total. The van der Waals surface area contributed by atoms with Crippen molar-refractivity contribution in [3.63, 3.8) is 0 Å². The molecular weight excluding hydrogens is 1010 g/mol. The summed E-state index contributed by atoms with van der Waals surface area (Å²) in [5, 5.41) is 0. The van der Waals surface area contributed by atoms with Crippen molar-refractivity contribution in [1.29, 1.82) is 0 Å². The van der Waals surface area contributed by atoms with Gasteiger partial charge in [0, 0.05) is 19.3 Å². The number of rotatable bonds is 60. The van der Waals surface area contributed by atoms with Crippen molar-refractivity contribution in [2.75, 3.05) is 13.2 Å². The Morgan fingerprint density at radius 2 is 0.476 bits per heavy atom. The topological polar surface area (TPSA) is 78.9 Å². The molecule has 0 aliphatic rings. The molecule has 1 atom stereocenters. The first-order valence-corrected chi connectivity index (χ1v) is 33.8. The third-order valence-electron chi connectivity index (χ3n) is 14.1. The van der Waals surface area contributed by atoms with Gasteiger partial charge in [-0.15, -0.1) is 0 Å². The van der Waals surface area contributed by atoms with Crippen LogP contribution in [0.5, 0.6) is 0 Å². The lowest BCUT2D eigenvalue weighted by Crippen LogP contribution is -2.30. The van der Waals surface area contributed by atoms with Crippen LogP contribution in [0.4, 0.5) is 0 Å². The molecule has 0 saturated carbocycles. The van der Waals surface area contributed by atoms with Gasteiger partial charge in [-0.25, -0.2) is 0 Å². The van der Waals surface area contributed by atoms with Crippen LogP contribution in [0.3, 0.4) is 0 Å². The van der Waals surface area contributed by atoms with Crippen molar-refractivity contribution in [2.24, 2.45) is 0 Å². The molecule has 0 N–H and O–H groups in total. The minimum Gasteiger partial charge on any atom is -0.462 e. The number of carbonyl (C=O) groups is 3. The summed E-state index contributed by atoms with van der Waals surface area (Å²) < 4.78 is 16.9. The summed E-state index contributed by atoms with van der Waals surface area (Å²) >= 11 is 0. The lowest BCUT2D eigenvalue weighted by atomic mass is 10.0. The normalized spacial score (nSPS) is 13.1. The van der Waals surface area contributed by atoms with E-state index in [1.165, 1.54) is 103 Å². The Labute approximate surface area is 506 Å². The molecule has 0 aromatic carbocycles. The van der Waals surface area contributed by atoms with Crippen LogP contribution in [-0.4, -0.2) is 37.2 Å². The Hall–Kier alpha value is -4.71. The van der Waals surface area contributed by atoms with Gasteiger partial charge < -0.3 is 14.2 Å². The van der Waals surface area contributed by atoms with Gasteiger partial charge in [0.2, 0.25) is 0 Å². The standard InChI is InChI=1S/C76H124O6/c1-4-7-10-13-16-19-22-24-26-28-30-32-34-36-38-40-42-44-46-48-50-52-54-57-60-63-66-69-75(78)81-72-73(71-80-74(77)68-65-62-59-56-21-18-15-12-9-6-3)82-76(79)70-67-64-61-58-55-53-51-49-47-45-43-41-39-37-35-33-31-29-27-25-23-20-17-14-11-8-5-2/h7-8,10-11,16-17,19-20,24-27,30-33,36-39,42,44,48,50,73H,4-6,9,12-15,18,21-23,28-29,34-35,40-41,43,45-47,49,51-72H2,1-3H3/b10-7-,11-8-,19-16-,20-17-,26-24-,27-25-,32-30-,33-31-,38-36-,39-37-,44-42-,50-48-. The number of carbonyl (C=O) groups excluding carboxylic acids is 3. The largest absolute Gasteiger partial charge is 0.462 e. The van der Waals surface area contributed by atoms with Gasteiger partial charge in [-0.2, -0.15) is 0 Å². The van der Waals surface area contributed by atoms with Crippen LogP contribution < -0.4 is 0 Å². The Morgan fingerprint density at radius 3 is 0.744 bits per heavy atom. The Balaban J connectivity index is 4.31. The smallest absolute Gasteiger partial charge is 0.306 e. The van der Waals surface area contributed by atoms with E-state index in [0.717, 1.165) is 154 Å². The Morgan fingerprint density at radius 1 is 0.256 bits per heavy atom. The van der Waals surface area contributed by atoms with E-state index >= 15 is 0 Å². The lowest BCUT2D eigenvalue weighted by Gasteiger charge is -2.18. The second kappa shape index (κ2) is 68.8. The summed E-state index contributed by atoms with van der Waals surface area (Å²) in [5.41, 5.74) is 0. The van der Waals surface area contributed by atoms with E-state index in [0.29, 0.717) is 19.3 Å². The van der Waals surface area contributed by atoms with Crippen molar-refractivity contribution < 1.29 is 28.6 Å². The first kappa shape index (κ1) is 77.3. The zero-order valence-electron chi connectivity index (χ0n) is 53.2. The average Bonchev–Trinajstić information content (AvgIpc) is 3.48. The monoisotopic (exact) mass is 1130 g/mol. The SMILES string of the molecule is CC/C=C\C/C=C\C/C=C\C/C=C\C/C=C\C/C=C\C/C=C\CCCCCCCC(=O)OCC(COC(=O)CCCCCCCCCCCC)OC(=O)CCCCCCCCCCCCC/C=C\C/C=C\C/C=C\C/C=C\C/C=C\CC. The van der Waals surface area contributed by atoms with Gasteiger partial charge in [-0.05, 0) is 122 Å². The second-order valence-electron chi connectivity index (χ2n) is 22.0. The molecule has 0 rings (SSSR count). The number of hydrogen-bond donors (Lipinski definition) is 0. The molecule has 1 unspecified atom stereocenters. The Kier molecular flexibility index (Phi) is 64.8. The molecule has 464 valence electrons.